The Hall–Kier alpha value is -2.53. The lowest BCUT2D eigenvalue weighted by Gasteiger charge is -2.16. The molecule has 0 bridgehead atoms. The number of aromatic nitrogens is 2. The molecule has 0 aliphatic rings. The second-order valence-electron chi connectivity index (χ2n) is 5.56. The SMILES string of the molecule is Cc1nc(CNC(=O)C[C@H](c2ccccc2)c2ccccn2)cs1. The Morgan fingerprint density at radius 3 is 2.62 bits per heavy atom. The minimum Gasteiger partial charge on any atom is -0.350 e. The monoisotopic (exact) mass is 337 g/mol. The number of thiazole rings is 1. The first-order valence-electron chi connectivity index (χ1n) is 7.86. The van der Waals surface area contributed by atoms with Crippen LogP contribution in [0.1, 0.15) is 34.3 Å². The van der Waals surface area contributed by atoms with Gasteiger partial charge in [-0.3, -0.25) is 9.78 Å². The summed E-state index contributed by atoms with van der Waals surface area (Å²) in [5.41, 5.74) is 2.90. The van der Waals surface area contributed by atoms with Gasteiger partial charge in [0, 0.05) is 29.6 Å². The highest BCUT2D eigenvalue weighted by molar-refractivity contribution is 7.09. The molecule has 0 fully saturated rings. The van der Waals surface area contributed by atoms with Gasteiger partial charge in [-0.25, -0.2) is 4.98 Å². The van der Waals surface area contributed by atoms with Crippen LogP contribution in [0.15, 0.2) is 60.1 Å². The van der Waals surface area contributed by atoms with E-state index in [1.54, 1.807) is 17.5 Å². The summed E-state index contributed by atoms with van der Waals surface area (Å²) in [5, 5.41) is 5.94. The smallest absolute Gasteiger partial charge is 0.221 e. The normalized spacial score (nSPS) is 11.9. The maximum absolute atomic E-state index is 12.4. The van der Waals surface area contributed by atoms with Crippen LogP contribution in [-0.4, -0.2) is 15.9 Å². The first-order chi connectivity index (χ1) is 11.7. The molecule has 3 rings (SSSR count). The van der Waals surface area contributed by atoms with Crippen LogP contribution in [-0.2, 0) is 11.3 Å². The van der Waals surface area contributed by atoms with Gasteiger partial charge >= 0.3 is 0 Å². The summed E-state index contributed by atoms with van der Waals surface area (Å²) in [6.45, 7) is 2.43. The predicted molar refractivity (Wildman–Crippen MR) is 95.8 cm³/mol. The fourth-order valence-electron chi connectivity index (χ4n) is 2.60. The Bertz CT molecular complexity index is 747. The fourth-order valence-corrected chi connectivity index (χ4v) is 3.21. The third kappa shape index (κ3) is 4.26. The maximum Gasteiger partial charge on any atom is 0.221 e. The van der Waals surface area contributed by atoms with E-state index in [2.05, 4.69) is 15.3 Å². The van der Waals surface area contributed by atoms with E-state index in [-0.39, 0.29) is 11.8 Å². The van der Waals surface area contributed by atoms with Crippen LogP contribution in [0.4, 0.5) is 0 Å². The molecule has 0 saturated heterocycles. The molecule has 0 aliphatic carbocycles. The van der Waals surface area contributed by atoms with Crippen LogP contribution in [0.5, 0.6) is 0 Å². The van der Waals surface area contributed by atoms with E-state index in [9.17, 15) is 4.79 Å². The van der Waals surface area contributed by atoms with Crippen molar-refractivity contribution in [2.75, 3.05) is 0 Å². The summed E-state index contributed by atoms with van der Waals surface area (Å²) in [5.74, 6) is -0.0512. The molecule has 5 heteroatoms. The number of carbonyl (C=O) groups is 1. The van der Waals surface area contributed by atoms with E-state index in [0.717, 1.165) is 22.0 Å². The lowest BCUT2D eigenvalue weighted by Crippen LogP contribution is -2.25. The van der Waals surface area contributed by atoms with Gasteiger partial charge in [-0.2, -0.15) is 0 Å². The molecule has 0 saturated carbocycles. The van der Waals surface area contributed by atoms with Crippen molar-refractivity contribution in [3.8, 4) is 0 Å². The van der Waals surface area contributed by atoms with E-state index in [4.69, 9.17) is 0 Å². The molecule has 0 radical (unpaired) electrons. The summed E-state index contributed by atoms with van der Waals surface area (Å²) < 4.78 is 0. The standard InChI is InChI=1S/C19H19N3OS/c1-14-22-16(13-24-14)12-21-19(23)11-17(15-7-3-2-4-8-15)18-9-5-6-10-20-18/h2-10,13,17H,11-12H2,1H3,(H,21,23)/t17-/m1/s1. The van der Waals surface area contributed by atoms with Crippen LogP contribution in [0, 0.1) is 6.92 Å². The van der Waals surface area contributed by atoms with Crippen molar-refractivity contribution < 1.29 is 4.79 Å². The number of carbonyl (C=O) groups excluding carboxylic acids is 1. The quantitative estimate of drug-likeness (QED) is 0.746. The summed E-state index contributed by atoms with van der Waals surface area (Å²) in [6, 6.07) is 15.8. The minimum absolute atomic E-state index is 0.000147. The molecule has 2 heterocycles. The molecule has 0 aliphatic heterocycles. The van der Waals surface area contributed by atoms with Crippen molar-refractivity contribution in [3.63, 3.8) is 0 Å². The molecule has 1 N–H and O–H groups in total. The second-order valence-corrected chi connectivity index (χ2v) is 6.62. The summed E-state index contributed by atoms with van der Waals surface area (Å²) in [4.78, 5) is 21.2. The fraction of sp³-hybridized carbons (Fsp3) is 0.211. The number of aryl methyl sites for hydroxylation is 1. The highest BCUT2D eigenvalue weighted by Gasteiger charge is 2.19. The van der Waals surface area contributed by atoms with Crippen LogP contribution < -0.4 is 5.32 Å². The first-order valence-corrected chi connectivity index (χ1v) is 8.74. The number of nitrogens with one attached hydrogen (secondary N) is 1. The summed E-state index contributed by atoms with van der Waals surface area (Å²) in [6.07, 6.45) is 2.13. The number of pyridine rings is 1. The van der Waals surface area contributed by atoms with E-state index < -0.39 is 0 Å². The van der Waals surface area contributed by atoms with Crippen molar-refractivity contribution >= 4 is 17.2 Å². The Labute approximate surface area is 145 Å². The molecule has 0 spiro atoms. The topological polar surface area (TPSA) is 54.9 Å². The number of amides is 1. The molecule has 24 heavy (non-hydrogen) atoms. The van der Waals surface area contributed by atoms with Gasteiger partial charge in [0.25, 0.3) is 0 Å². The van der Waals surface area contributed by atoms with Crippen molar-refractivity contribution in [1.29, 1.82) is 0 Å². The van der Waals surface area contributed by atoms with Crippen LogP contribution in [0.25, 0.3) is 0 Å². The summed E-state index contributed by atoms with van der Waals surface area (Å²) in [7, 11) is 0. The number of rotatable bonds is 6. The van der Waals surface area contributed by atoms with E-state index in [1.807, 2.05) is 60.8 Å². The van der Waals surface area contributed by atoms with E-state index in [0.29, 0.717) is 13.0 Å². The van der Waals surface area contributed by atoms with E-state index >= 15 is 0 Å². The Morgan fingerprint density at radius 1 is 1.17 bits per heavy atom. The highest BCUT2D eigenvalue weighted by atomic mass is 32.1. The third-order valence-corrected chi connectivity index (χ3v) is 4.59. The average molecular weight is 337 g/mol. The molecule has 2 aromatic heterocycles. The van der Waals surface area contributed by atoms with Gasteiger partial charge in [0.2, 0.25) is 5.91 Å². The van der Waals surface area contributed by atoms with Crippen molar-refractivity contribution in [2.24, 2.45) is 0 Å². The number of benzene rings is 1. The van der Waals surface area contributed by atoms with Crippen LogP contribution in [0.3, 0.4) is 0 Å². The van der Waals surface area contributed by atoms with Gasteiger partial charge in [-0.15, -0.1) is 11.3 Å². The van der Waals surface area contributed by atoms with Gasteiger partial charge in [-0.1, -0.05) is 36.4 Å². The lowest BCUT2D eigenvalue weighted by atomic mass is 9.91. The van der Waals surface area contributed by atoms with Crippen molar-refractivity contribution in [1.82, 2.24) is 15.3 Å². The molecule has 1 atom stereocenters. The Morgan fingerprint density at radius 2 is 1.96 bits per heavy atom. The molecule has 0 unspecified atom stereocenters. The largest absolute Gasteiger partial charge is 0.350 e. The van der Waals surface area contributed by atoms with Gasteiger partial charge < -0.3 is 5.32 Å². The Kier molecular flexibility index (Phi) is 5.33. The molecular weight excluding hydrogens is 318 g/mol. The molecule has 4 nitrogen and oxygen atoms in total. The maximum atomic E-state index is 12.4. The second kappa shape index (κ2) is 7.84. The van der Waals surface area contributed by atoms with Crippen molar-refractivity contribution in [3.05, 3.63) is 82.1 Å². The van der Waals surface area contributed by atoms with Crippen LogP contribution in [0.2, 0.25) is 0 Å². The van der Waals surface area contributed by atoms with Gasteiger partial charge in [0.1, 0.15) is 0 Å². The third-order valence-electron chi connectivity index (χ3n) is 3.77. The first kappa shape index (κ1) is 16.3. The van der Waals surface area contributed by atoms with Gasteiger partial charge in [0.15, 0.2) is 0 Å². The average Bonchev–Trinajstić information content (AvgIpc) is 3.05. The zero-order valence-corrected chi connectivity index (χ0v) is 14.3. The molecule has 3 aromatic rings. The Balaban J connectivity index is 1.71. The molecule has 122 valence electrons. The number of nitrogens with zero attached hydrogens (tertiary/aromatic N) is 2. The molecule has 1 aromatic carbocycles. The number of hydrogen-bond donors (Lipinski definition) is 1. The lowest BCUT2D eigenvalue weighted by molar-refractivity contribution is -0.121. The molecule has 1 amide bonds. The van der Waals surface area contributed by atoms with Gasteiger partial charge in [0.05, 0.1) is 17.2 Å². The zero-order valence-electron chi connectivity index (χ0n) is 13.5. The van der Waals surface area contributed by atoms with Gasteiger partial charge in [-0.05, 0) is 24.6 Å². The zero-order chi connectivity index (χ0) is 16.8. The number of hydrogen-bond acceptors (Lipinski definition) is 4. The molecular formula is C19H19N3OS. The van der Waals surface area contributed by atoms with E-state index in [1.165, 1.54) is 0 Å². The highest BCUT2D eigenvalue weighted by Crippen LogP contribution is 2.26. The van der Waals surface area contributed by atoms with Crippen molar-refractivity contribution in [2.45, 2.75) is 25.8 Å². The minimum atomic E-state index is -0.0513. The van der Waals surface area contributed by atoms with Crippen LogP contribution >= 0.6 is 11.3 Å². The predicted octanol–water partition coefficient (Wildman–Crippen LogP) is 3.68. The summed E-state index contributed by atoms with van der Waals surface area (Å²) >= 11 is 1.59.